The fourth-order valence-electron chi connectivity index (χ4n) is 1.09. The van der Waals surface area contributed by atoms with Gasteiger partial charge in [0.25, 0.3) is 5.91 Å². The fourth-order valence-corrected chi connectivity index (χ4v) is 1.41. The maximum atomic E-state index is 11.5. The smallest absolute Gasteiger partial charge is 0.321 e. The van der Waals surface area contributed by atoms with Crippen LogP contribution in [0.4, 0.5) is 4.79 Å². The first-order chi connectivity index (χ1) is 8.43. The van der Waals surface area contributed by atoms with Crippen molar-refractivity contribution in [2.75, 3.05) is 7.05 Å². The number of hydrogen-bond donors (Lipinski definition) is 2. The van der Waals surface area contributed by atoms with Crippen LogP contribution in [0.25, 0.3) is 0 Å². The summed E-state index contributed by atoms with van der Waals surface area (Å²) in [4.78, 5) is 22.5. The molecule has 0 radical (unpaired) electrons. The molecule has 1 atom stereocenters. The van der Waals surface area contributed by atoms with Gasteiger partial charge in [-0.3, -0.25) is 10.1 Å². The van der Waals surface area contributed by atoms with Crippen LogP contribution in [0, 0.1) is 0 Å². The number of carbonyl (C=O) groups excluding carboxylic acids is 2. The van der Waals surface area contributed by atoms with Crippen molar-refractivity contribution in [3.05, 3.63) is 28.2 Å². The van der Waals surface area contributed by atoms with Gasteiger partial charge in [-0.2, -0.15) is 0 Å². The van der Waals surface area contributed by atoms with E-state index in [4.69, 9.17) is 27.9 Å². The predicted molar refractivity (Wildman–Crippen MR) is 69.2 cm³/mol. The van der Waals surface area contributed by atoms with Gasteiger partial charge in [-0.1, -0.05) is 23.2 Å². The summed E-state index contributed by atoms with van der Waals surface area (Å²) in [5.41, 5.74) is 0. The van der Waals surface area contributed by atoms with Crippen molar-refractivity contribution in [2.45, 2.75) is 13.0 Å². The molecule has 0 fully saturated rings. The number of hydrogen-bond acceptors (Lipinski definition) is 3. The van der Waals surface area contributed by atoms with Crippen LogP contribution in [-0.4, -0.2) is 25.1 Å². The van der Waals surface area contributed by atoms with Gasteiger partial charge in [0.05, 0.1) is 5.02 Å². The Bertz CT molecular complexity index is 466. The molecular formula is C11H12Cl2N2O3. The third-order valence-electron chi connectivity index (χ3n) is 2.03. The van der Waals surface area contributed by atoms with Crippen molar-refractivity contribution in [3.63, 3.8) is 0 Å². The van der Waals surface area contributed by atoms with Crippen molar-refractivity contribution < 1.29 is 14.3 Å². The highest BCUT2D eigenvalue weighted by Gasteiger charge is 2.18. The molecule has 1 aromatic carbocycles. The van der Waals surface area contributed by atoms with Crippen LogP contribution in [-0.2, 0) is 4.79 Å². The van der Waals surface area contributed by atoms with E-state index in [0.717, 1.165) is 0 Å². The van der Waals surface area contributed by atoms with E-state index in [1.807, 2.05) is 0 Å². The van der Waals surface area contributed by atoms with E-state index >= 15 is 0 Å². The number of nitrogens with one attached hydrogen (secondary N) is 2. The standard InChI is InChI=1S/C11H12Cl2N2O3/c1-6(10(16)15-11(17)14-2)18-9-5-7(12)3-4-8(9)13/h3-6H,1-2H3,(H2,14,15,16,17)/t6-/m0/s1. The molecule has 0 unspecified atom stereocenters. The van der Waals surface area contributed by atoms with Gasteiger partial charge in [-0.25, -0.2) is 4.79 Å². The highest BCUT2D eigenvalue weighted by molar-refractivity contribution is 6.34. The Labute approximate surface area is 114 Å². The normalized spacial score (nSPS) is 11.6. The molecule has 0 aliphatic carbocycles. The molecule has 18 heavy (non-hydrogen) atoms. The molecular weight excluding hydrogens is 279 g/mol. The van der Waals surface area contributed by atoms with Crippen molar-refractivity contribution in [2.24, 2.45) is 0 Å². The van der Waals surface area contributed by atoms with Gasteiger partial charge in [0.1, 0.15) is 5.75 Å². The lowest BCUT2D eigenvalue weighted by Gasteiger charge is -2.15. The summed E-state index contributed by atoms with van der Waals surface area (Å²) in [6, 6.07) is 4.05. The topological polar surface area (TPSA) is 67.4 Å². The monoisotopic (exact) mass is 290 g/mol. The quantitative estimate of drug-likeness (QED) is 0.897. The van der Waals surface area contributed by atoms with Gasteiger partial charge < -0.3 is 10.1 Å². The Morgan fingerprint density at radius 3 is 2.61 bits per heavy atom. The maximum absolute atomic E-state index is 11.5. The van der Waals surface area contributed by atoms with Gasteiger partial charge in [-0.15, -0.1) is 0 Å². The van der Waals surface area contributed by atoms with Crippen LogP contribution >= 0.6 is 23.2 Å². The number of amides is 3. The van der Waals surface area contributed by atoms with Crippen LogP contribution in [0.15, 0.2) is 18.2 Å². The summed E-state index contributed by atoms with van der Waals surface area (Å²) in [6.07, 6.45) is -0.877. The lowest BCUT2D eigenvalue weighted by molar-refractivity contribution is -0.126. The molecule has 0 aromatic heterocycles. The minimum absolute atomic E-state index is 0.281. The van der Waals surface area contributed by atoms with E-state index in [-0.39, 0.29) is 5.75 Å². The molecule has 1 aromatic rings. The molecule has 5 nitrogen and oxygen atoms in total. The lowest BCUT2D eigenvalue weighted by atomic mass is 10.3. The van der Waals surface area contributed by atoms with Crippen LogP contribution in [0.5, 0.6) is 5.75 Å². The third kappa shape index (κ3) is 4.09. The summed E-state index contributed by atoms with van der Waals surface area (Å²) >= 11 is 11.7. The Morgan fingerprint density at radius 2 is 2.00 bits per heavy atom. The molecule has 0 saturated heterocycles. The molecule has 3 amide bonds. The van der Waals surface area contributed by atoms with Gasteiger partial charge in [0.2, 0.25) is 0 Å². The van der Waals surface area contributed by atoms with Gasteiger partial charge >= 0.3 is 6.03 Å². The predicted octanol–water partition coefficient (Wildman–Crippen LogP) is 2.22. The second-order valence-corrected chi connectivity index (χ2v) is 4.25. The van der Waals surface area contributed by atoms with Crippen LogP contribution in [0.2, 0.25) is 10.0 Å². The molecule has 0 heterocycles. The van der Waals surface area contributed by atoms with Crippen LogP contribution in [0.3, 0.4) is 0 Å². The van der Waals surface area contributed by atoms with E-state index < -0.39 is 18.0 Å². The molecule has 0 aliphatic heterocycles. The maximum Gasteiger partial charge on any atom is 0.321 e. The van der Waals surface area contributed by atoms with Gasteiger partial charge in [0, 0.05) is 18.1 Å². The van der Waals surface area contributed by atoms with E-state index in [0.29, 0.717) is 10.0 Å². The van der Waals surface area contributed by atoms with Crippen molar-refractivity contribution in [1.82, 2.24) is 10.6 Å². The van der Waals surface area contributed by atoms with Crippen molar-refractivity contribution in [3.8, 4) is 5.75 Å². The average molecular weight is 291 g/mol. The number of ether oxygens (including phenoxy) is 1. The van der Waals surface area contributed by atoms with Crippen molar-refractivity contribution in [1.29, 1.82) is 0 Å². The summed E-state index contributed by atoms with van der Waals surface area (Å²) < 4.78 is 5.32. The summed E-state index contributed by atoms with van der Waals surface area (Å²) in [6.45, 7) is 1.50. The van der Waals surface area contributed by atoms with Gasteiger partial charge in [-0.05, 0) is 19.1 Å². The second-order valence-electron chi connectivity index (χ2n) is 3.40. The zero-order valence-corrected chi connectivity index (χ0v) is 11.3. The largest absolute Gasteiger partial charge is 0.479 e. The Hall–Kier alpha value is -1.46. The Morgan fingerprint density at radius 1 is 1.33 bits per heavy atom. The number of urea groups is 1. The SMILES string of the molecule is CNC(=O)NC(=O)[C@H](C)Oc1cc(Cl)ccc1Cl. The first kappa shape index (κ1) is 14.6. The lowest BCUT2D eigenvalue weighted by Crippen LogP contribution is -2.43. The molecule has 1 rings (SSSR count). The number of imide groups is 1. The van der Waals surface area contributed by atoms with Crippen LogP contribution < -0.4 is 15.4 Å². The summed E-state index contributed by atoms with van der Waals surface area (Å²) in [5.74, 6) is -0.297. The summed E-state index contributed by atoms with van der Waals surface area (Å²) in [5, 5.41) is 5.13. The van der Waals surface area contributed by atoms with Gasteiger partial charge in [0.15, 0.2) is 6.10 Å². The van der Waals surface area contributed by atoms with Crippen LogP contribution in [0.1, 0.15) is 6.92 Å². The molecule has 0 aliphatic rings. The van der Waals surface area contributed by atoms with E-state index in [1.165, 1.54) is 20.0 Å². The minimum Gasteiger partial charge on any atom is -0.479 e. The number of rotatable bonds is 3. The summed E-state index contributed by atoms with van der Waals surface area (Å²) in [7, 11) is 1.40. The van der Waals surface area contributed by atoms with E-state index in [9.17, 15) is 9.59 Å². The molecule has 2 N–H and O–H groups in total. The zero-order chi connectivity index (χ0) is 13.7. The number of carbonyl (C=O) groups is 2. The fraction of sp³-hybridized carbons (Fsp3) is 0.273. The molecule has 0 spiro atoms. The Kier molecular flexibility index (Phi) is 5.25. The highest BCUT2D eigenvalue weighted by atomic mass is 35.5. The van der Waals surface area contributed by atoms with Crippen molar-refractivity contribution >= 4 is 35.1 Å². The average Bonchev–Trinajstić information content (AvgIpc) is 2.33. The minimum atomic E-state index is -0.877. The van der Waals surface area contributed by atoms with E-state index in [1.54, 1.807) is 12.1 Å². The van der Waals surface area contributed by atoms with E-state index in [2.05, 4.69) is 10.6 Å². The molecule has 7 heteroatoms. The molecule has 0 saturated carbocycles. The third-order valence-corrected chi connectivity index (χ3v) is 2.58. The highest BCUT2D eigenvalue weighted by Crippen LogP contribution is 2.28. The first-order valence-electron chi connectivity index (χ1n) is 5.08. The second kappa shape index (κ2) is 6.47. The zero-order valence-electron chi connectivity index (χ0n) is 9.79. The first-order valence-corrected chi connectivity index (χ1v) is 5.84. The number of benzene rings is 1. The molecule has 98 valence electrons. The Balaban J connectivity index is 2.69. The molecule has 0 bridgehead atoms. The number of halogens is 2.